The van der Waals surface area contributed by atoms with Crippen molar-refractivity contribution in [2.45, 2.75) is 33.2 Å². The van der Waals surface area contributed by atoms with Crippen LogP contribution < -0.4 is 5.73 Å². The molecule has 0 amide bonds. The van der Waals surface area contributed by atoms with E-state index in [0.717, 1.165) is 18.7 Å². The molecule has 0 bridgehead atoms. The molecule has 1 aromatic rings. The number of methoxy groups -OCH3 is 1. The molecule has 0 fully saturated rings. The lowest BCUT2D eigenvalue weighted by Crippen LogP contribution is -2.22. The number of hydrogen-bond acceptors (Lipinski definition) is 3. The molecule has 2 N–H and O–H groups in total. The summed E-state index contributed by atoms with van der Waals surface area (Å²) in [5.41, 5.74) is 9.58. The topological polar surface area (TPSA) is 48.1 Å². The van der Waals surface area contributed by atoms with Crippen molar-refractivity contribution in [1.29, 1.82) is 0 Å². The Morgan fingerprint density at radius 1 is 1.44 bits per heavy atom. The highest BCUT2D eigenvalue weighted by atomic mass is 16.5. The van der Waals surface area contributed by atoms with Gasteiger partial charge in [-0.25, -0.2) is 0 Å². The van der Waals surface area contributed by atoms with Gasteiger partial charge < -0.3 is 10.5 Å². The predicted molar refractivity (Wildman–Crippen MR) is 66.3 cm³/mol. The highest BCUT2D eigenvalue weighted by molar-refractivity contribution is 5.25. The minimum absolute atomic E-state index is 0.00394. The number of ether oxygens (including phenoxy) is 1. The van der Waals surface area contributed by atoms with Crippen LogP contribution in [0, 0.1) is 19.8 Å². The maximum atomic E-state index is 6.21. The molecule has 0 radical (unpaired) electrons. The number of nitrogens with zero attached hydrogens (tertiary/aromatic N) is 1. The summed E-state index contributed by atoms with van der Waals surface area (Å²) in [5.74, 6) is 0.383. The molecule has 0 spiro atoms. The fraction of sp³-hybridized carbons (Fsp3) is 0.615. The molecule has 16 heavy (non-hydrogen) atoms. The molecule has 0 saturated carbocycles. The van der Waals surface area contributed by atoms with E-state index in [1.807, 2.05) is 13.1 Å². The number of rotatable bonds is 5. The van der Waals surface area contributed by atoms with Gasteiger partial charge in [0.25, 0.3) is 0 Å². The Morgan fingerprint density at radius 2 is 2.12 bits per heavy atom. The van der Waals surface area contributed by atoms with E-state index in [1.54, 1.807) is 7.11 Å². The summed E-state index contributed by atoms with van der Waals surface area (Å²) in [7, 11) is 1.72. The van der Waals surface area contributed by atoms with Gasteiger partial charge in [-0.3, -0.25) is 4.98 Å². The summed E-state index contributed by atoms with van der Waals surface area (Å²) in [5, 5.41) is 0. The summed E-state index contributed by atoms with van der Waals surface area (Å²) in [6.45, 7) is 7.01. The summed E-state index contributed by atoms with van der Waals surface area (Å²) in [6.07, 6.45) is 2.85. The van der Waals surface area contributed by atoms with Crippen molar-refractivity contribution in [2.24, 2.45) is 11.7 Å². The van der Waals surface area contributed by atoms with Gasteiger partial charge in [0.15, 0.2) is 0 Å². The third-order valence-corrected chi connectivity index (χ3v) is 2.96. The van der Waals surface area contributed by atoms with E-state index < -0.39 is 0 Å². The Kier molecular flexibility index (Phi) is 4.90. The number of hydrogen-bond donors (Lipinski definition) is 1. The monoisotopic (exact) mass is 222 g/mol. The first-order valence-corrected chi connectivity index (χ1v) is 5.74. The van der Waals surface area contributed by atoms with E-state index in [4.69, 9.17) is 10.5 Å². The van der Waals surface area contributed by atoms with Crippen LogP contribution in [0.2, 0.25) is 0 Å². The standard InChI is InChI=1S/C13H22N2O/c1-9-7-11(3)13(15-8-9)12(14)10(2)5-6-16-4/h7-8,10,12H,5-6,14H2,1-4H3. The Hall–Kier alpha value is -0.930. The molecule has 90 valence electrons. The SMILES string of the molecule is COCCC(C)C(N)c1ncc(C)cc1C. The van der Waals surface area contributed by atoms with Crippen molar-refractivity contribution in [3.05, 3.63) is 29.1 Å². The average molecular weight is 222 g/mol. The maximum absolute atomic E-state index is 6.21. The first kappa shape index (κ1) is 13.1. The van der Waals surface area contributed by atoms with Crippen LogP contribution in [0.5, 0.6) is 0 Å². The number of nitrogens with two attached hydrogens (primary N) is 1. The molecule has 2 unspecified atom stereocenters. The van der Waals surface area contributed by atoms with Crippen molar-refractivity contribution in [3.63, 3.8) is 0 Å². The lowest BCUT2D eigenvalue weighted by Gasteiger charge is -2.20. The first-order chi connectivity index (χ1) is 7.56. The van der Waals surface area contributed by atoms with Gasteiger partial charge in [-0.15, -0.1) is 0 Å². The van der Waals surface area contributed by atoms with E-state index in [1.165, 1.54) is 11.1 Å². The van der Waals surface area contributed by atoms with E-state index >= 15 is 0 Å². The average Bonchev–Trinajstić information content (AvgIpc) is 2.25. The second-order valence-electron chi connectivity index (χ2n) is 4.50. The van der Waals surface area contributed by atoms with Crippen molar-refractivity contribution >= 4 is 0 Å². The summed E-state index contributed by atoms with van der Waals surface area (Å²) >= 11 is 0. The van der Waals surface area contributed by atoms with Gasteiger partial charge in [0.2, 0.25) is 0 Å². The van der Waals surface area contributed by atoms with E-state index in [0.29, 0.717) is 5.92 Å². The van der Waals surface area contributed by atoms with Crippen molar-refractivity contribution < 1.29 is 4.74 Å². The van der Waals surface area contributed by atoms with Gasteiger partial charge in [-0.1, -0.05) is 13.0 Å². The number of aryl methyl sites for hydroxylation is 2. The molecule has 2 atom stereocenters. The third kappa shape index (κ3) is 3.29. The van der Waals surface area contributed by atoms with E-state index in [2.05, 4.69) is 24.9 Å². The Morgan fingerprint density at radius 3 is 2.69 bits per heavy atom. The Balaban J connectivity index is 2.75. The number of pyridine rings is 1. The third-order valence-electron chi connectivity index (χ3n) is 2.96. The zero-order valence-electron chi connectivity index (χ0n) is 10.7. The van der Waals surface area contributed by atoms with Crippen LogP contribution in [0.15, 0.2) is 12.3 Å². The van der Waals surface area contributed by atoms with Crippen molar-refractivity contribution in [1.82, 2.24) is 4.98 Å². The first-order valence-electron chi connectivity index (χ1n) is 5.74. The second-order valence-corrected chi connectivity index (χ2v) is 4.50. The fourth-order valence-electron chi connectivity index (χ4n) is 1.83. The van der Waals surface area contributed by atoms with Crippen molar-refractivity contribution in [3.8, 4) is 0 Å². The molecule has 3 heteroatoms. The largest absolute Gasteiger partial charge is 0.385 e. The van der Waals surface area contributed by atoms with Gasteiger partial charge in [0, 0.05) is 26.0 Å². The van der Waals surface area contributed by atoms with Crippen LogP contribution >= 0.6 is 0 Å². The molecule has 0 saturated heterocycles. The minimum Gasteiger partial charge on any atom is -0.385 e. The highest BCUT2D eigenvalue weighted by Gasteiger charge is 2.17. The molecule has 3 nitrogen and oxygen atoms in total. The van der Waals surface area contributed by atoms with Crippen LogP contribution in [0.25, 0.3) is 0 Å². The molecule has 0 aliphatic heterocycles. The zero-order chi connectivity index (χ0) is 12.1. The molecule has 1 heterocycles. The lowest BCUT2D eigenvalue weighted by atomic mass is 9.94. The van der Waals surface area contributed by atoms with E-state index in [9.17, 15) is 0 Å². The van der Waals surface area contributed by atoms with Gasteiger partial charge in [-0.05, 0) is 37.3 Å². The maximum Gasteiger partial charge on any atom is 0.0603 e. The summed E-state index contributed by atoms with van der Waals surface area (Å²) in [6, 6.07) is 2.13. The summed E-state index contributed by atoms with van der Waals surface area (Å²) in [4.78, 5) is 4.44. The van der Waals surface area contributed by atoms with Gasteiger partial charge in [-0.2, -0.15) is 0 Å². The predicted octanol–water partition coefficient (Wildman–Crippen LogP) is 2.37. The normalized spacial score (nSPS) is 14.8. The van der Waals surface area contributed by atoms with Gasteiger partial charge >= 0.3 is 0 Å². The molecule has 0 aliphatic rings. The quantitative estimate of drug-likeness (QED) is 0.832. The smallest absolute Gasteiger partial charge is 0.0603 e. The van der Waals surface area contributed by atoms with Crippen LogP contribution in [-0.4, -0.2) is 18.7 Å². The lowest BCUT2D eigenvalue weighted by molar-refractivity contribution is 0.174. The van der Waals surface area contributed by atoms with Gasteiger partial charge in [0.05, 0.1) is 5.69 Å². The molecular weight excluding hydrogens is 200 g/mol. The number of aromatic nitrogens is 1. The molecule has 0 aromatic carbocycles. The zero-order valence-corrected chi connectivity index (χ0v) is 10.7. The molecule has 1 aromatic heterocycles. The second kappa shape index (κ2) is 5.97. The Bertz CT molecular complexity index is 339. The van der Waals surface area contributed by atoms with Crippen LogP contribution in [0.1, 0.15) is 36.2 Å². The van der Waals surface area contributed by atoms with Crippen LogP contribution in [-0.2, 0) is 4.74 Å². The highest BCUT2D eigenvalue weighted by Crippen LogP contribution is 2.23. The van der Waals surface area contributed by atoms with Crippen LogP contribution in [0.4, 0.5) is 0 Å². The minimum atomic E-state index is -0.00394. The van der Waals surface area contributed by atoms with Gasteiger partial charge in [0.1, 0.15) is 0 Å². The molecule has 1 rings (SSSR count). The van der Waals surface area contributed by atoms with E-state index in [-0.39, 0.29) is 6.04 Å². The molecular formula is C13H22N2O. The van der Waals surface area contributed by atoms with Crippen molar-refractivity contribution in [2.75, 3.05) is 13.7 Å². The summed E-state index contributed by atoms with van der Waals surface area (Å²) < 4.78 is 5.07. The fourth-order valence-corrected chi connectivity index (χ4v) is 1.83. The molecule has 0 aliphatic carbocycles. The van der Waals surface area contributed by atoms with Crippen LogP contribution in [0.3, 0.4) is 0 Å². The Labute approximate surface area is 98.0 Å².